The SMILES string of the molecule is CC[C@@H]1CC(=O)CN(C)C(=O)[C@H](CSC(c2ccccc2)(c2ccccc2)c2ccccc2)NC(=O)CN(C)C(=O)[C@H](CC)NC(=O)CN(C)C1=O.O=C=O. The number of nitrogens with one attached hydrogen (secondary N) is 2. The van der Waals surface area contributed by atoms with Gasteiger partial charge in [0.25, 0.3) is 0 Å². The molecule has 4 rings (SSSR count). The van der Waals surface area contributed by atoms with Crippen LogP contribution in [-0.4, -0.2) is 115 Å². The van der Waals surface area contributed by atoms with Gasteiger partial charge < -0.3 is 25.3 Å². The zero-order valence-electron chi connectivity index (χ0n) is 31.9. The van der Waals surface area contributed by atoms with E-state index in [1.54, 1.807) is 13.8 Å². The number of carbonyl (C=O) groups excluding carboxylic acids is 8. The highest BCUT2D eigenvalue weighted by molar-refractivity contribution is 8.00. The Kier molecular flexibility index (Phi) is 17.0. The van der Waals surface area contributed by atoms with E-state index in [0.29, 0.717) is 6.42 Å². The molecule has 0 radical (unpaired) electrons. The molecule has 14 heteroatoms. The summed E-state index contributed by atoms with van der Waals surface area (Å²) in [6, 6.07) is 27.8. The molecule has 3 aromatic carbocycles. The average molecular weight is 772 g/mol. The maximum Gasteiger partial charge on any atom is 0.373 e. The third-order valence-electron chi connectivity index (χ3n) is 9.30. The van der Waals surface area contributed by atoms with E-state index >= 15 is 0 Å². The van der Waals surface area contributed by atoms with Crippen molar-refractivity contribution in [3.8, 4) is 0 Å². The van der Waals surface area contributed by atoms with Gasteiger partial charge in [-0.05, 0) is 29.5 Å². The van der Waals surface area contributed by atoms with E-state index in [9.17, 15) is 28.8 Å². The second-order valence-electron chi connectivity index (χ2n) is 13.3. The molecule has 2 N–H and O–H groups in total. The van der Waals surface area contributed by atoms with Crippen molar-refractivity contribution in [1.82, 2.24) is 25.3 Å². The van der Waals surface area contributed by atoms with Crippen LogP contribution in [0.3, 0.4) is 0 Å². The highest BCUT2D eigenvalue weighted by Gasteiger charge is 2.39. The van der Waals surface area contributed by atoms with Crippen molar-refractivity contribution in [2.45, 2.75) is 49.9 Å². The van der Waals surface area contributed by atoms with Gasteiger partial charge in [0.15, 0.2) is 5.78 Å². The minimum absolute atomic E-state index is 0.105. The smallest absolute Gasteiger partial charge is 0.343 e. The molecule has 55 heavy (non-hydrogen) atoms. The number of benzene rings is 3. The molecule has 1 fully saturated rings. The van der Waals surface area contributed by atoms with E-state index in [1.807, 2.05) is 91.0 Å². The molecule has 1 saturated heterocycles. The lowest BCUT2D eigenvalue weighted by Crippen LogP contribution is -2.55. The van der Waals surface area contributed by atoms with Crippen LogP contribution in [-0.2, 0) is 43.1 Å². The van der Waals surface area contributed by atoms with E-state index in [2.05, 4.69) is 10.6 Å². The van der Waals surface area contributed by atoms with Crippen LogP contribution in [0.1, 0.15) is 49.8 Å². The van der Waals surface area contributed by atoms with Crippen molar-refractivity contribution in [2.75, 3.05) is 46.5 Å². The Bertz CT molecular complexity index is 1710. The topological polar surface area (TPSA) is 170 Å². The normalized spacial score (nSPS) is 19.7. The van der Waals surface area contributed by atoms with Gasteiger partial charge in [-0.25, -0.2) is 0 Å². The van der Waals surface area contributed by atoms with Gasteiger partial charge in [-0.15, -0.1) is 11.8 Å². The maximum atomic E-state index is 14.2. The summed E-state index contributed by atoms with van der Waals surface area (Å²) in [5.41, 5.74) is 2.91. The summed E-state index contributed by atoms with van der Waals surface area (Å²) in [5, 5.41) is 5.54. The van der Waals surface area contributed by atoms with E-state index in [0.717, 1.165) is 16.7 Å². The van der Waals surface area contributed by atoms with Gasteiger partial charge in [0.05, 0.1) is 24.4 Å². The fourth-order valence-corrected chi connectivity index (χ4v) is 8.04. The molecule has 0 unspecified atom stereocenters. The lowest BCUT2D eigenvalue weighted by Gasteiger charge is -2.37. The second kappa shape index (κ2) is 21.3. The van der Waals surface area contributed by atoms with Gasteiger partial charge in [-0.2, -0.15) is 9.59 Å². The Labute approximate surface area is 326 Å². The van der Waals surface area contributed by atoms with Gasteiger partial charge in [-0.1, -0.05) is 105 Å². The highest BCUT2D eigenvalue weighted by Crippen LogP contribution is 2.48. The maximum absolute atomic E-state index is 14.2. The standard InChI is InChI=1S/C40H49N5O6S.CO2/c1-6-28-23-32(46)24-43(3)39(51)34(42-36(48)26-45(5)38(50)33(7-2)41-35(47)25-44(4)37(28)49)27-52-40(29-17-11-8-12-18-29,30-19-13-9-14-20-30)31-21-15-10-16-22-31;2-1-3/h8-22,28,33-34H,6-7,23-27H2,1-5H3,(H,41,47)(H,42,48);/t28-,33+,34+;/m1./s1. The molecule has 5 amide bonds. The van der Waals surface area contributed by atoms with E-state index < -0.39 is 46.4 Å². The number of hydrogen-bond donors (Lipinski definition) is 2. The van der Waals surface area contributed by atoms with Gasteiger partial charge in [0.1, 0.15) is 12.1 Å². The van der Waals surface area contributed by atoms with Crippen LogP contribution in [0.25, 0.3) is 0 Å². The molecular formula is C41H49N5O8S. The fraction of sp³-hybridized carbons (Fsp3) is 0.390. The predicted octanol–water partition coefficient (Wildman–Crippen LogP) is 2.88. The first-order valence-corrected chi connectivity index (χ1v) is 19.0. The summed E-state index contributed by atoms with van der Waals surface area (Å²) in [6.45, 7) is 2.57. The van der Waals surface area contributed by atoms with Crippen LogP contribution in [0.5, 0.6) is 0 Å². The number of Topliss-reactive ketones (excluding diaryl/α,β-unsaturated/α-hetero) is 1. The van der Waals surface area contributed by atoms with Gasteiger partial charge in [-0.3, -0.25) is 28.8 Å². The molecule has 1 aliphatic rings. The van der Waals surface area contributed by atoms with Crippen molar-refractivity contribution in [3.63, 3.8) is 0 Å². The fourth-order valence-electron chi connectivity index (χ4n) is 6.49. The Balaban J connectivity index is 0.00000262. The summed E-state index contributed by atoms with van der Waals surface area (Å²) in [7, 11) is 4.44. The van der Waals surface area contributed by atoms with Crippen molar-refractivity contribution < 1.29 is 38.4 Å². The second-order valence-corrected chi connectivity index (χ2v) is 14.5. The Hall–Kier alpha value is -5.59. The number of thioether (sulfide) groups is 1. The van der Waals surface area contributed by atoms with Gasteiger partial charge >= 0.3 is 6.15 Å². The minimum atomic E-state index is -1.09. The highest BCUT2D eigenvalue weighted by atomic mass is 32.2. The summed E-state index contributed by atoms with van der Waals surface area (Å²) in [4.78, 5) is 101. The first kappa shape index (κ1) is 43.8. The van der Waals surface area contributed by atoms with Crippen molar-refractivity contribution in [3.05, 3.63) is 108 Å². The molecule has 13 nitrogen and oxygen atoms in total. The number of nitrogens with zero attached hydrogens (tertiary/aromatic N) is 3. The zero-order valence-corrected chi connectivity index (χ0v) is 32.7. The minimum Gasteiger partial charge on any atom is -0.343 e. The van der Waals surface area contributed by atoms with Crippen LogP contribution in [0.15, 0.2) is 91.0 Å². The first-order chi connectivity index (χ1) is 26.3. The molecule has 1 aliphatic heterocycles. The quantitative estimate of drug-likeness (QED) is 0.327. The number of ketones is 1. The van der Waals surface area contributed by atoms with Crippen LogP contribution in [0, 0.1) is 5.92 Å². The molecule has 0 saturated carbocycles. The number of hydrogen-bond acceptors (Lipinski definition) is 9. The zero-order chi connectivity index (χ0) is 40.5. The third kappa shape index (κ3) is 11.7. The Morgan fingerprint density at radius 2 is 0.982 bits per heavy atom. The summed E-state index contributed by atoms with van der Waals surface area (Å²) in [5.74, 6) is -3.36. The van der Waals surface area contributed by atoms with Gasteiger partial charge in [0.2, 0.25) is 29.5 Å². The summed E-state index contributed by atoms with van der Waals surface area (Å²) < 4.78 is -0.796. The lowest BCUT2D eigenvalue weighted by molar-refractivity contribution is -0.191. The molecule has 3 aromatic rings. The summed E-state index contributed by atoms with van der Waals surface area (Å²) >= 11 is 1.48. The van der Waals surface area contributed by atoms with E-state index in [4.69, 9.17) is 9.59 Å². The number of rotatable bonds is 8. The van der Waals surface area contributed by atoms with E-state index in [1.165, 1.54) is 47.6 Å². The molecule has 0 aromatic heterocycles. The number of carbonyl (C=O) groups is 6. The average Bonchev–Trinajstić information content (AvgIpc) is 3.19. The number of amides is 5. The lowest BCUT2D eigenvalue weighted by atomic mass is 9.84. The first-order valence-electron chi connectivity index (χ1n) is 18.0. The predicted molar refractivity (Wildman–Crippen MR) is 207 cm³/mol. The molecule has 3 atom stereocenters. The van der Waals surface area contributed by atoms with Crippen LogP contribution >= 0.6 is 11.8 Å². The van der Waals surface area contributed by atoms with Crippen LogP contribution < -0.4 is 10.6 Å². The molecule has 292 valence electrons. The largest absolute Gasteiger partial charge is 0.373 e. The Morgan fingerprint density at radius 3 is 1.40 bits per heavy atom. The Morgan fingerprint density at radius 1 is 0.600 bits per heavy atom. The van der Waals surface area contributed by atoms with Crippen LogP contribution in [0.4, 0.5) is 0 Å². The molecule has 0 bridgehead atoms. The van der Waals surface area contributed by atoms with Gasteiger partial charge in [0, 0.05) is 39.2 Å². The number of likely N-dealkylation sites (N-methyl/N-ethyl adjacent to an activating group) is 3. The van der Waals surface area contributed by atoms with Crippen molar-refractivity contribution in [2.24, 2.45) is 5.92 Å². The van der Waals surface area contributed by atoms with Crippen molar-refractivity contribution in [1.29, 1.82) is 0 Å². The monoisotopic (exact) mass is 771 g/mol. The third-order valence-corrected chi connectivity index (χ3v) is 10.9. The summed E-state index contributed by atoms with van der Waals surface area (Å²) in [6.07, 6.45) is 0.735. The van der Waals surface area contributed by atoms with E-state index in [-0.39, 0.29) is 56.1 Å². The van der Waals surface area contributed by atoms with Crippen molar-refractivity contribution >= 4 is 53.2 Å². The van der Waals surface area contributed by atoms with Crippen LogP contribution in [0.2, 0.25) is 0 Å². The molecule has 0 spiro atoms. The molecule has 0 aliphatic carbocycles. The molecule has 1 heterocycles. The molecular weight excluding hydrogens is 723 g/mol.